The van der Waals surface area contributed by atoms with Crippen molar-refractivity contribution in [3.8, 4) is 0 Å². The summed E-state index contributed by atoms with van der Waals surface area (Å²) in [6.07, 6.45) is 9.59. The van der Waals surface area contributed by atoms with E-state index in [0.717, 1.165) is 13.1 Å². The van der Waals surface area contributed by atoms with Gasteiger partial charge in [0.05, 0.1) is 0 Å². The van der Waals surface area contributed by atoms with Gasteiger partial charge in [0.1, 0.15) is 0 Å². The molecule has 3 rings (SSSR count). The van der Waals surface area contributed by atoms with E-state index in [9.17, 15) is 0 Å². The van der Waals surface area contributed by atoms with Gasteiger partial charge in [-0.15, -0.1) is 0 Å². The van der Waals surface area contributed by atoms with Gasteiger partial charge in [-0.2, -0.15) is 0 Å². The first-order chi connectivity index (χ1) is 8.93. The second kappa shape index (κ2) is 5.40. The van der Waals surface area contributed by atoms with Crippen LogP contribution in [-0.2, 0) is 6.54 Å². The van der Waals surface area contributed by atoms with Crippen LogP contribution in [0.2, 0.25) is 0 Å². The van der Waals surface area contributed by atoms with E-state index in [1.807, 2.05) is 6.20 Å². The summed E-state index contributed by atoms with van der Waals surface area (Å²) in [6, 6.07) is 8.61. The van der Waals surface area contributed by atoms with Gasteiger partial charge in [0, 0.05) is 18.3 Å². The molecule has 1 heterocycles. The number of H-pyrrole nitrogens is 1. The molecule has 2 nitrogen and oxygen atoms in total. The Morgan fingerprint density at radius 1 is 1.22 bits per heavy atom. The minimum atomic E-state index is 0.950. The number of aromatic amines is 1. The SMILES string of the molecule is C1=C(CCNCc2cccc3cc[nH]c23)CCC1. The third-order valence-corrected chi connectivity index (χ3v) is 3.75. The highest BCUT2D eigenvalue weighted by atomic mass is 14.9. The molecule has 0 aliphatic heterocycles. The average molecular weight is 240 g/mol. The zero-order chi connectivity index (χ0) is 12.2. The van der Waals surface area contributed by atoms with Crippen molar-refractivity contribution >= 4 is 10.9 Å². The summed E-state index contributed by atoms with van der Waals surface area (Å²) < 4.78 is 0. The van der Waals surface area contributed by atoms with Crippen molar-refractivity contribution in [1.82, 2.24) is 10.3 Å². The molecule has 0 spiro atoms. The number of nitrogens with one attached hydrogen (secondary N) is 2. The Bertz CT molecular complexity index is 551. The number of rotatable bonds is 5. The smallest absolute Gasteiger partial charge is 0.0499 e. The van der Waals surface area contributed by atoms with E-state index >= 15 is 0 Å². The number of benzene rings is 1. The summed E-state index contributed by atoms with van der Waals surface area (Å²) in [6.45, 7) is 2.04. The first-order valence-electron chi connectivity index (χ1n) is 6.87. The minimum Gasteiger partial charge on any atom is -0.361 e. The topological polar surface area (TPSA) is 27.8 Å². The summed E-state index contributed by atoms with van der Waals surface area (Å²) in [5, 5.41) is 4.85. The molecule has 1 aromatic carbocycles. The second-order valence-corrected chi connectivity index (χ2v) is 5.04. The maximum absolute atomic E-state index is 3.55. The van der Waals surface area contributed by atoms with Crippen molar-refractivity contribution in [2.75, 3.05) is 6.54 Å². The standard InChI is InChI=1S/C16H20N2/c1-2-5-13(4-1)8-10-17-12-15-7-3-6-14-9-11-18-16(14)15/h3-4,6-7,9,11,17-18H,1-2,5,8,10,12H2. The Morgan fingerprint density at radius 3 is 3.11 bits per heavy atom. The maximum atomic E-state index is 3.55. The van der Waals surface area contributed by atoms with Gasteiger partial charge in [0.2, 0.25) is 0 Å². The van der Waals surface area contributed by atoms with Crippen molar-refractivity contribution in [3.63, 3.8) is 0 Å². The fourth-order valence-corrected chi connectivity index (χ4v) is 2.73. The third kappa shape index (κ3) is 2.49. The van der Waals surface area contributed by atoms with Crippen LogP contribution < -0.4 is 5.32 Å². The van der Waals surface area contributed by atoms with Crippen LogP contribution in [-0.4, -0.2) is 11.5 Å². The summed E-state index contributed by atoms with van der Waals surface area (Å²) >= 11 is 0. The number of para-hydroxylation sites is 1. The average Bonchev–Trinajstić information content (AvgIpc) is 3.05. The normalized spacial score (nSPS) is 15.2. The van der Waals surface area contributed by atoms with E-state index in [2.05, 4.69) is 40.6 Å². The molecule has 1 aliphatic rings. The van der Waals surface area contributed by atoms with Gasteiger partial charge in [-0.25, -0.2) is 0 Å². The summed E-state index contributed by atoms with van der Waals surface area (Å²) in [4.78, 5) is 3.32. The molecule has 1 aliphatic carbocycles. The van der Waals surface area contributed by atoms with E-state index in [0.29, 0.717) is 0 Å². The lowest BCUT2D eigenvalue weighted by Crippen LogP contribution is -2.15. The molecule has 0 saturated heterocycles. The Labute approximate surface area is 108 Å². The lowest BCUT2D eigenvalue weighted by atomic mass is 10.1. The van der Waals surface area contributed by atoms with Crippen LogP contribution >= 0.6 is 0 Å². The highest BCUT2D eigenvalue weighted by Crippen LogP contribution is 2.20. The third-order valence-electron chi connectivity index (χ3n) is 3.75. The van der Waals surface area contributed by atoms with Gasteiger partial charge in [0.25, 0.3) is 0 Å². The Morgan fingerprint density at radius 2 is 2.22 bits per heavy atom. The van der Waals surface area contributed by atoms with Crippen molar-refractivity contribution < 1.29 is 0 Å². The predicted octanol–water partition coefficient (Wildman–Crippen LogP) is 3.76. The van der Waals surface area contributed by atoms with Crippen LogP contribution in [0.4, 0.5) is 0 Å². The second-order valence-electron chi connectivity index (χ2n) is 5.04. The van der Waals surface area contributed by atoms with E-state index in [4.69, 9.17) is 0 Å². The Hall–Kier alpha value is -1.54. The monoisotopic (exact) mass is 240 g/mol. The number of fused-ring (bicyclic) bond motifs is 1. The molecule has 0 unspecified atom stereocenters. The summed E-state index contributed by atoms with van der Waals surface area (Å²) in [5.74, 6) is 0. The fraction of sp³-hybridized carbons (Fsp3) is 0.375. The molecule has 0 radical (unpaired) electrons. The number of hydrogen-bond donors (Lipinski definition) is 2. The van der Waals surface area contributed by atoms with Crippen LogP contribution in [0.25, 0.3) is 10.9 Å². The van der Waals surface area contributed by atoms with E-state index < -0.39 is 0 Å². The van der Waals surface area contributed by atoms with E-state index in [1.54, 1.807) is 5.57 Å². The molecule has 94 valence electrons. The van der Waals surface area contributed by atoms with Crippen molar-refractivity contribution in [2.45, 2.75) is 32.2 Å². The first kappa shape index (κ1) is 11.5. The molecule has 2 heteroatoms. The van der Waals surface area contributed by atoms with Gasteiger partial charge in [-0.1, -0.05) is 29.8 Å². The molecule has 0 atom stereocenters. The van der Waals surface area contributed by atoms with Crippen LogP contribution in [0, 0.1) is 0 Å². The minimum absolute atomic E-state index is 0.950. The number of hydrogen-bond acceptors (Lipinski definition) is 1. The van der Waals surface area contributed by atoms with Crippen molar-refractivity contribution in [1.29, 1.82) is 0 Å². The van der Waals surface area contributed by atoms with Gasteiger partial charge < -0.3 is 10.3 Å². The highest BCUT2D eigenvalue weighted by molar-refractivity contribution is 5.82. The molecule has 0 bridgehead atoms. The molecule has 2 aromatic rings. The predicted molar refractivity (Wildman–Crippen MR) is 76.6 cm³/mol. The largest absolute Gasteiger partial charge is 0.361 e. The van der Waals surface area contributed by atoms with E-state index in [-0.39, 0.29) is 0 Å². The molecular weight excluding hydrogens is 220 g/mol. The fourth-order valence-electron chi connectivity index (χ4n) is 2.73. The van der Waals surface area contributed by atoms with Crippen LogP contribution in [0.3, 0.4) is 0 Å². The van der Waals surface area contributed by atoms with Crippen LogP contribution in [0.1, 0.15) is 31.2 Å². The molecule has 0 amide bonds. The first-order valence-corrected chi connectivity index (χ1v) is 6.87. The van der Waals surface area contributed by atoms with Gasteiger partial charge in [-0.3, -0.25) is 0 Å². The van der Waals surface area contributed by atoms with Crippen molar-refractivity contribution in [3.05, 3.63) is 47.7 Å². The summed E-state index contributed by atoms with van der Waals surface area (Å²) in [5.41, 5.74) is 4.27. The Kier molecular flexibility index (Phi) is 3.47. The zero-order valence-electron chi connectivity index (χ0n) is 10.7. The Balaban J connectivity index is 1.55. The lowest BCUT2D eigenvalue weighted by molar-refractivity contribution is 0.678. The summed E-state index contributed by atoms with van der Waals surface area (Å²) in [7, 11) is 0. The maximum Gasteiger partial charge on any atom is 0.0499 e. The van der Waals surface area contributed by atoms with Gasteiger partial charge in [-0.05, 0) is 49.2 Å². The molecule has 0 saturated carbocycles. The zero-order valence-corrected chi connectivity index (χ0v) is 10.7. The molecule has 0 fully saturated rings. The highest BCUT2D eigenvalue weighted by Gasteiger charge is 2.04. The van der Waals surface area contributed by atoms with E-state index in [1.165, 1.54) is 42.1 Å². The molecule has 1 aromatic heterocycles. The quantitative estimate of drug-likeness (QED) is 0.604. The van der Waals surface area contributed by atoms with Crippen molar-refractivity contribution in [2.24, 2.45) is 0 Å². The lowest BCUT2D eigenvalue weighted by Gasteiger charge is -2.07. The molecular formula is C16H20N2. The molecule has 2 N–H and O–H groups in total. The molecule has 18 heavy (non-hydrogen) atoms. The van der Waals surface area contributed by atoms with Gasteiger partial charge in [0.15, 0.2) is 0 Å². The van der Waals surface area contributed by atoms with Gasteiger partial charge >= 0.3 is 0 Å². The number of allylic oxidation sites excluding steroid dienone is 1. The number of aromatic nitrogens is 1. The van der Waals surface area contributed by atoms with Crippen LogP contribution in [0.5, 0.6) is 0 Å². The van der Waals surface area contributed by atoms with Crippen LogP contribution in [0.15, 0.2) is 42.1 Å².